The van der Waals surface area contributed by atoms with E-state index in [4.69, 9.17) is 0 Å². The number of fused-ring (bicyclic) bond motifs is 1. The van der Waals surface area contributed by atoms with Gasteiger partial charge in [0.1, 0.15) is 12.4 Å². The summed E-state index contributed by atoms with van der Waals surface area (Å²) in [7, 11) is 0. The number of aromatic nitrogens is 5. The van der Waals surface area contributed by atoms with E-state index in [1.165, 1.54) is 10.2 Å². The first kappa shape index (κ1) is 20.7. The molecule has 2 aliphatic rings. The number of hydrogen-bond acceptors (Lipinski definition) is 5. The van der Waals surface area contributed by atoms with Crippen molar-refractivity contribution in [3.63, 3.8) is 0 Å². The van der Waals surface area contributed by atoms with E-state index in [2.05, 4.69) is 34.4 Å². The van der Waals surface area contributed by atoms with E-state index in [1.807, 2.05) is 28.0 Å². The molecule has 2 amide bonds. The van der Waals surface area contributed by atoms with Gasteiger partial charge in [-0.3, -0.25) is 9.59 Å². The monoisotopic (exact) mass is 435 g/mol. The highest BCUT2D eigenvalue weighted by molar-refractivity contribution is 5.99. The van der Waals surface area contributed by atoms with Gasteiger partial charge >= 0.3 is 0 Å². The standard InChI is InChI=1S/C23H29N7O2/c1-14-15(2)24-21-7-6-17(9-20(14)21)23(32)28-8-4-5-18(10-28)19-11-29(12-19)22(31)13-30-16(3)25-26-27-30/h6-7,9,18-19,24H,4-5,8,10-13H2,1-3H3. The molecule has 1 N–H and O–H groups in total. The van der Waals surface area contributed by atoms with Crippen LogP contribution in [0.4, 0.5) is 0 Å². The molecule has 168 valence electrons. The predicted molar refractivity (Wildman–Crippen MR) is 119 cm³/mol. The third-order valence-corrected chi connectivity index (χ3v) is 7.23. The van der Waals surface area contributed by atoms with Crippen LogP contribution in [-0.2, 0) is 11.3 Å². The Morgan fingerprint density at radius 2 is 1.88 bits per heavy atom. The predicted octanol–water partition coefficient (Wildman–Crippen LogP) is 2.09. The molecule has 0 saturated carbocycles. The summed E-state index contributed by atoms with van der Waals surface area (Å²) in [5.41, 5.74) is 4.16. The molecule has 3 aromatic rings. The van der Waals surface area contributed by atoms with Crippen molar-refractivity contribution in [1.82, 2.24) is 35.0 Å². The second kappa shape index (κ2) is 8.03. The summed E-state index contributed by atoms with van der Waals surface area (Å²) >= 11 is 0. The van der Waals surface area contributed by atoms with E-state index in [-0.39, 0.29) is 18.4 Å². The van der Waals surface area contributed by atoms with Crippen LogP contribution in [0.3, 0.4) is 0 Å². The zero-order chi connectivity index (χ0) is 22.4. The van der Waals surface area contributed by atoms with Crippen molar-refractivity contribution in [3.8, 4) is 0 Å². The second-order valence-corrected chi connectivity index (χ2v) is 9.23. The molecular weight excluding hydrogens is 406 g/mol. The maximum absolute atomic E-state index is 13.2. The second-order valence-electron chi connectivity index (χ2n) is 9.23. The molecule has 5 rings (SSSR count). The topological polar surface area (TPSA) is 100 Å². The minimum absolute atomic E-state index is 0.0471. The molecule has 2 aromatic heterocycles. The van der Waals surface area contributed by atoms with Gasteiger partial charge in [-0.2, -0.15) is 0 Å². The highest BCUT2D eigenvalue weighted by atomic mass is 16.2. The zero-order valence-electron chi connectivity index (χ0n) is 18.8. The first-order valence-corrected chi connectivity index (χ1v) is 11.3. The molecule has 32 heavy (non-hydrogen) atoms. The fourth-order valence-electron chi connectivity index (χ4n) is 4.99. The van der Waals surface area contributed by atoms with Crippen LogP contribution in [0.1, 0.15) is 40.3 Å². The van der Waals surface area contributed by atoms with Crippen molar-refractivity contribution in [3.05, 3.63) is 40.8 Å². The molecule has 1 atom stereocenters. The molecule has 0 aliphatic carbocycles. The third-order valence-electron chi connectivity index (χ3n) is 7.23. The summed E-state index contributed by atoms with van der Waals surface area (Å²) in [5, 5.41) is 12.4. The van der Waals surface area contributed by atoms with E-state index in [1.54, 1.807) is 6.92 Å². The normalized spacial score (nSPS) is 19.4. The van der Waals surface area contributed by atoms with Crippen LogP contribution in [0.2, 0.25) is 0 Å². The van der Waals surface area contributed by atoms with Crippen molar-refractivity contribution in [1.29, 1.82) is 0 Å². The van der Waals surface area contributed by atoms with Gasteiger partial charge in [0, 0.05) is 48.3 Å². The van der Waals surface area contributed by atoms with Crippen molar-refractivity contribution < 1.29 is 9.59 Å². The largest absolute Gasteiger partial charge is 0.358 e. The summed E-state index contributed by atoms with van der Waals surface area (Å²) in [6, 6.07) is 5.95. The Balaban J connectivity index is 1.20. The summed E-state index contributed by atoms with van der Waals surface area (Å²) in [4.78, 5) is 33.0. The fourth-order valence-corrected chi connectivity index (χ4v) is 4.99. The molecule has 2 fully saturated rings. The molecule has 2 saturated heterocycles. The van der Waals surface area contributed by atoms with Gasteiger partial charge in [-0.05, 0) is 79.6 Å². The molecule has 0 spiro atoms. The summed E-state index contributed by atoms with van der Waals surface area (Å²) in [6.07, 6.45) is 2.12. The van der Waals surface area contributed by atoms with Crippen molar-refractivity contribution in [2.24, 2.45) is 11.8 Å². The van der Waals surface area contributed by atoms with Crippen molar-refractivity contribution >= 4 is 22.7 Å². The quantitative estimate of drug-likeness (QED) is 0.676. The lowest BCUT2D eigenvalue weighted by Gasteiger charge is -2.46. The van der Waals surface area contributed by atoms with Gasteiger partial charge in [-0.25, -0.2) is 4.68 Å². The lowest BCUT2D eigenvalue weighted by Crippen LogP contribution is -2.56. The number of hydrogen-bond donors (Lipinski definition) is 1. The number of piperidine rings is 1. The van der Waals surface area contributed by atoms with Crippen LogP contribution in [0.15, 0.2) is 18.2 Å². The third kappa shape index (κ3) is 3.65. The zero-order valence-corrected chi connectivity index (χ0v) is 18.8. The van der Waals surface area contributed by atoms with Gasteiger partial charge in [0.25, 0.3) is 5.91 Å². The molecule has 9 nitrogen and oxygen atoms in total. The molecule has 9 heteroatoms. The summed E-state index contributed by atoms with van der Waals surface area (Å²) in [5.74, 6) is 1.68. The SMILES string of the molecule is Cc1[nH]c2ccc(C(=O)N3CCCC(C4CN(C(=O)Cn5nnnc5C)C4)C3)cc2c1C. The lowest BCUT2D eigenvalue weighted by molar-refractivity contribution is -0.140. The average molecular weight is 436 g/mol. The van der Waals surface area contributed by atoms with Gasteiger partial charge in [0.15, 0.2) is 0 Å². The Bertz CT molecular complexity index is 1170. The van der Waals surface area contributed by atoms with Gasteiger partial charge in [-0.1, -0.05) is 0 Å². The number of tetrazole rings is 1. The Hall–Kier alpha value is -3.23. The fraction of sp³-hybridized carbons (Fsp3) is 0.522. The van der Waals surface area contributed by atoms with Crippen LogP contribution >= 0.6 is 0 Å². The van der Waals surface area contributed by atoms with Crippen molar-refractivity contribution in [2.45, 2.75) is 40.2 Å². The van der Waals surface area contributed by atoms with E-state index in [9.17, 15) is 9.59 Å². The number of amides is 2. The number of nitrogens with zero attached hydrogens (tertiary/aromatic N) is 6. The number of carbonyl (C=O) groups is 2. The first-order chi connectivity index (χ1) is 15.4. The maximum atomic E-state index is 13.2. The van der Waals surface area contributed by atoms with Crippen LogP contribution in [0, 0.1) is 32.6 Å². The number of H-pyrrole nitrogens is 1. The summed E-state index contributed by atoms with van der Waals surface area (Å²) in [6.45, 7) is 9.18. The molecular formula is C23H29N7O2. The number of rotatable bonds is 4. The van der Waals surface area contributed by atoms with Crippen LogP contribution in [0.5, 0.6) is 0 Å². The number of benzene rings is 1. The maximum Gasteiger partial charge on any atom is 0.253 e. The van der Waals surface area contributed by atoms with E-state index < -0.39 is 0 Å². The number of aromatic amines is 1. The Labute approximate surface area is 186 Å². The van der Waals surface area contributed by atoms with Gasteiger partial charge < -0.3 is 14.8 Å². The molecule has 4 heterocycles. The number of aryl methyl sites for hydroxylation is 3. The Morgan fingerprint density at radius 3 is 2.62 bits per heavy atom. The van der Waals surface area contributed by atoms with Gasteiger partial charge in [-0.15, -0.1) is 5.10 Å². The Morgan fingerprint density at radius 1 is 1.09 bits per heavy atom. The molecule has 2 aliphatic heterocycles. The number of likely N-dealkylation sites (tertiary alicyclic amines) is 2. The van der Waals surface area contributed by atoms with E-state index in [0.717, 1.165) is 61.2 Å². The highest BCUT2D eigenvalue weighted by Crippen LogP contribution is 2.32. The minimum Gasteiger partial charge on any atom is -0.358 e. The van der Waals surface area contributed by atoms with Gasteiger partial charge in [0.2, 0.25) is 5.91 Å². The minimum atomic E-state index is 0.0471. The Kier molecular flexibility index (Phi) is 5.19. The van der Waals surface area contributed by atoms with Crippen LogP contribution in [0.25, 0.3) is 10.9 Å². The lowest BCUT2D eigenvalue weighted by atomic mass is 9.80. The number of nitrogens with one attached hydrogen (secondary N) is 1. The molecule has 1 aromatic carbocycles. The summed E-state index contributed by atoms with van der Waals surface area (Å²) < 4.78 is 1.53. The highest BCUT2D eigenvalue weighted by Gasteiger charge is 2.38. The average Bonchev–Trinajstić information content (AvgIpc) is 3.28. The first-order valence-electron chi connectivity index (χ1n) is 11.3. The van der Waals surface area contributed by atoms with Crippen molar-refractivity contribution in [2.75, 3.05) is 26.2 Å². The molecule has 0 radical (unpaired) electrons. The molecule has 0 bridgehead atoms. The number of carbonyl (C=O) groups excluding carboxylic acids is 2. The smallest absolute Gasteiger partial charge is 0.253 e. The van der Waals surface area contributed by atoms with E-state index in [0.29, 0.717) is 17.7 Å². The van der Waals surface area contributed by atoms with Crippen LogP contribution in [-0.4, -0.2) is 73.0 Å². The van der Waals surface area contributed by atoms with E-state index >= 15 is 0 Å². The molecule has 1 unspecified atom stereocenters. The van der Waals surface area contributed by atoms with Gasteiger partial charge in [0.05, 0.1) is 0 Å². The van der Waals surface area contributed by atoms with Crippen LogP contribution < -0.4 is 0 Å².